The van der Waals surface area contributed by atoms with Crippen molar-refractivity contribution in [2.24, 2.45) is 7.05 Å². The van der Waals surface area contributed by atoms with Gasteiger partial charge in [-0.05, 0) is 32.3 Å². The molecule has 0 fully saturated rings. The largest absolute Gasteiger partial charge is 0.503 e. The van der Waals surface area contributed by atoms with E-state index in [1.165, 1.54) is 12.3 Å². The maximum absolute atomic E-state index is 13.2. The Labute approximate surface area is 168 Å². The van der Waals surface area contributed by atoms with Gasteiger partial charge in [0.15, 0.2) is 11.5 Å². The number of nitrogens with zero attached hydrogens (tertiary/aromatic N) is 3. The molecule has 0 saturated heterocycles. The van der Waals surface area contributed by atoms with Crippen LogP contribution in [0.2, 0.25) is 0 Å². The van der Waals surface area contributed by atoms with E-state index in [9.17, 15) is 14.7 Å². The summed E-state index contributed by atoms with van der Waals surface area (Å²) in [5.41, 5.74) is 1.84. The molecule has 150 valence electrons. The lowest BCUT2D eigenvalue weighted by atomic mass is 9.94. The van der Waals surface area contributed by atoms with Crippen molar-refractivity contribution < 1.29 is 19.1 Å². The Hall–Kier alpha value is -3.32. The summed E-state index contributed by atoms with van der Waals surface area (Å²) in [5.74, 6) is -1.44. The van der Waals surface area contributed by atoms with Gasteiger partial charge in [0.05, 0.1) is 17.9 Å². The molecule has 7 heteroatoms. The van der Waals surface area contributed by atoms with Gasteiger partial charge in [-0.1, -0.05) is 18.2 Å². The Balaban J connectivity index is 1.88. The number of furan rings is 1. The SMILES string of the molecule is CN(C)CCN1C(=O)C(O)=C(C(=O)c2ccco2)C1c1cn(C)c2ccccc12. The molecule has 29 heavy (non-hydrogen) atoms. The van der Waals surface area contributed by atoms with E-state index in [4.69, 9.17) is 4.42 Å². The summed E-state index contributed by atoms with van der Waals surface area (Å²) in [7, 11) is 5.75. The number of Topliss-reactive ketones (excluding diaryl/α,β-unsaturated/α-hetero) is 1. The number of amides is 1. The number of benzene rings is 1. The van der Waals surface area contributed by atoms with Crippen LogP contribution in [0.15, 0.2) is 64.6 Å². The van der Waals surface area contributed by atoms with E-state index in [0.29, 0.717) is 13.1 Å². The summed E-state index contributed by atoms with van der Waals surface area (Å²) >= 11 is 0. The van der Waals surface area contributed by atoms with Crippen LogP contribution >= 0.6 is 0 Å². The first-order chi connectivity index (χ1) is 13.9. The Kier molecular flexibility index (Phi) is 4.76. The summed E-state index contributed by atoms with van der Waals surface area (Å²) in [6, 6.07) is 10.3. The number of likely N-dealkylation sites (N-methyl/N-ethyl adjacent to an activating group) is 1. The standard InChI is InChI=1S/C22H23N3O4/c1-23(2)10-11-25-19(15-13-24(3)16-8-5-4-7-14(15)16)18(21(27)22(25)28)20(26)17-9-6-12-29-17/h4-9,12-13,19,27H,10-11H2,1-3H3. The van der Waals surface area contributed by atoms with Gasteiger partial charge in [0.2, 0.25) is 5.78 Å². The van der Waals surface area contributed by atoms with Crippen molar-refractivity contribution in [3.05, 3.63) is 71.5 Å². The lowest BCUT2D eigenvalue weighted by Gasteiger charge is -2.27. The first-order valence-electron chi connectivity index (χ1n) is 9.41. The lowest BCUT2D eigenvalue weighted by Crippen LogP contribution is -2.36. The molecule has 1 aliphatic rings. The maximum atomic E-state index is 13.2. The van der Waals surface area contributed by atoms with E-state index in [-0.39, 0.29) is 11.3 Å². The Bertz CT molecular complexity index is 1110. The molecule has 0 aliphatic carbocycles. The van der Waals surface area contributed by atoms with Crippen molar-refractivity contribution in [1.29, 1.82) is 0 Å². The highest BCUT2D eigenvalue weighted by molar-refractivity contribution is 6.15. The topological polar surface area (TPSA) is 78.9 Å². The molecule has 0 bridgehead atoms. The molecule has 3 heterocycles. The normalized spacial score (nSPS) is 17.2. The number of hydrogen-bond acceptors (Lipinski definition) is 5. The zero-order chi connectivity index (χ0) is 20.7. The molecule has 1 aliphatic heterocycles. The van der Waals surface area contributed by atoms with Crippen molar-refractivity contribution in [3.8, 4) is 0 Å². The number of para-hydroxylation sites is 1. The molecule has 1 N–H and O–H groups in total. The molecule has 1 aromatic carbocycles. The molecule has 1 atom stereocenters. The fourth-order valence-electron chi connectivity index (χ4n) is 3.88. The number of fused-ring (bicyclic) bond motifs is 1. The highest BCUT2D eigenvalue weighted by Crippen LogP contribution is 2.41. The fraction of sp³-hybridized carbons (Fsp3) is 0.273. The first kappa shape index (κ1) is 19.0. The number of aryl methyl sites for hydroxylation is 1. The van der Waals surface area contributed by atoms with Gasteiger partial charge in [0, 0.05) is 42.8 Å². The molecule has 2 aromatic heterocycles. The second-order valence-electron chi connectivity index (χ2n) is 7.49. The van der Waals surface area contributed by atoms with E-state index in [2.05, 4.69) is 0 Å². The van der Waals surface area contributed by atoms with E-state index < -0.39 is 23.5 Å². The molecular weight excluding hydrogens is 370 g/mol. The summed E-state index contributed by atoms with van der Waals surface area (Å²) in [6.07, 6.45) is 3.32. The van der Waals surface area contributed by atoms with Gasteiger partial charge in [-0.2, -0.15) is 0 Å². The van der Waals surface area contributed by atoms with Crippen LogP contribution in [0.4, 0.5) is 0 Å². The molecule has 1 unspecified atom stereocenters. The fourth-order valence-corrected chi connectivity index (χ4v) is 3.88. The number of hydrogen-bond donors (Lipinski definition) is 1. The van der Waals surface area contributed by atoms with Crippen LogP contribution in [0.25, 0.3) is 10.9 Å². The Morgan fingerprint density at radius 3 is 2.66 bits per heavy atom. The number of ketones is 1. The van der Waals surface area contributed by atoms with E-state index >= 15 is 0 Å². The molecule has 7 nitrogen and oxygen atoms in total. The second-order valence-corrected chi connectivity index (χ2v) is 7.49. The molecule has 4 rings (SSSR count). The maximum Gasteiger partial charge on any atom is 0.290 e. The average Bonchev–Trinajstić information content (AvgIpc) is 3.40. The van der Waals surface area contributed by atoms with Gasteiger partial charge >= 0.3 is 0 Å². The minimum atomic E-state index is -0.689. The summed E-state index contributed by atoms with van der Waals surface area (Å²) in [5, 5.41) is 11.6. The molecule has 0 saturated carbocycles. The average molecular weight is 393 g/mol. The van der Waals surface area contributed by atoms with Crippen molar-refractivity contribution in [2.45, 2.75) is 6.04 Å². The zero-order valence-corrected chi connectivity index (χ0v) is 16.6. The van der Waals surface area contributed by atoms with Gasteiger partial charge in [-0.25, -0.2) is 0 Å². The van der Waals surface area contributed by atoms with Crippen molar-refractivity contribution in [1.82, 2.24) is 14.4 Å². The van der Waals surface area contributed by atoms with Crippen molar-refractivity contribution in [3.63, 3.8) is 0 Å². The van der Waals surface area contributed by atoms with Crippen LogP contribution in [-0.4, -0.2) is 58.3 Å². The monoisotopic (exact) mass is 393 g/mol. The van der Waals surface area contributed by atoms with Crippen molar-refractivity contribution >= 4 is 22.6 Å². The predicted octanol–water partition coefficient (Wildman–Crippen LogP) is 2.91. The molecule has 0 radical (unpaired) electrons. The lowest BCUT2D eigenvalue weighted by molar-refractivity contribution is -0.129. The predicted molar refractivity (Wildman–Crippen MR) is 109 cm³/mol. The second kappa shape index (κ2) is 7.25. The van der Waals surface area contributed by atoms with Gasteiger partial charge < -0.3 is 23.9 Å². The quantitative estimate of drug-likeness (QED) is 0.652. The van der Waals surface area contributed by atoms with Crippen LogP contribution in [0.3, 0.4) is 0 Å². The molecular formula is C22H23N3O4. The number of aliphatic hydroxyl groups is 1. The van der Waals surface area contributed by atoms with E-state index in [1.807, 2.05) is 61.1 Å². The van der Waals surface area contributed by atoms with Crippen LogP contribution in [0.1, 0.15) is 22.2 Å². The van der Waals surface area contributed by atoms with Gasteiger partial charge in [-0.15, -0.1) is 0 Å². The molecule has 1 amide bonds. The van der Waals surface area contributed by atoms with Gasteiger partial charge in [0.1, 0.15) is 0 Å². The highest BCUT2D eigenvalue weighted by Gasteiger charge is 2.45. The molecule has 0 spiro atoms. The first-order valence-corrected chi connectivity index (χ1v) is 9.41. The third-order valence-electron chi connectivity index (χ3n) is 5.30. The minimum Gasteiger partial charge on any atom is -0.503 e. The zero-order valence-electron chi connectivity index (χ0n) is 16.6. The van der Waals surface area contributed by atoms with Crippen molar-refractivity contribution in [2.75, 3.05) is 27.2 Å². The summed E-state index contributed by atoms with van der Waals surface area (Å²) in [4.78, 5) is 29.6. The number of aliphatic hydroxyl groups excluding tert-OH is 1. The molecule has 3 aromatic rings. The smallest absolute Gasteiger partial charge is 0.290 e. The Morgan fingerprint density at radius 2 is 1.97 bits per heavy atom. The number of rotatable bonds is 6. The highest BCUT2D eigenvalue weighted by atomic mass is 16.3. The Morgan fingerprint density at radius 1 is 1.21 bits per heavy atom. The third-order valence-corrected chi connectivity index (χ3v) is 5.30. The number of carbonyl (C=O) groups is 2. The van der Waals surface area contributed by atoms with Gasteiger partial charge in [0.25, 0.3) is 5.91 Å². The van der Waals surface area contributed by atoms with Crippen LogP contribution in [0, 0.1) is 0 Å². The van der Waals surface area contributed by atoms with Crippen LogP contribution in [-0.2, 0) is 11.8 Å². The minimum absolute atomic E-state index is 0.0556. The summed E-state index contributed by atoms with van der Waals surface area (Å²) in [6.45, 7) is 0.973. The number of aromatic nitrogens is 1. The van der Waals surface area contributed by atoms with E-state index in [0.717, 1.165) is 16.5 Å². The summed E-state index contributed by atoms with van der Waals surface area (Å²) < 4.78 is 7.23. The van der Waals surface area contributed by atoms with Crippen LogP contribution < -0.4 is 0 Å². The van der Waals surface area contributed by atoms with Crippen LogP contribution in [0.5, 0.6) is 0 Å². The van der Waals surface area contributed by atoms with Gasteiger partial charge in [-0.3, -0.25) is 9.59 Å². The third kappa shape index (κ3) is 3.13. The number of carbonyl (C=O) groups excluding carboxylic acids is 2. The van der Waals surface area contributed by atoms with E-state index in [1.54, 1.807) is 11.0 Å².